The Morgan fingerprint density at radius 2 is 2.00 bits per heavy atom. The number of aliphatic hydroxyl groups excluding tert-OH is 1. The van der Waals surface area contributed by atoms with E-state index in [0.29, 0.717) is 11.7 Å². The van der Waals surface area contributed by atoms with E-state index in [1.165, 1.54) is 5.56 Å². The zero-order chi connectivity index (χ0) is 14.8. The van der Waals surface area contributed by atoms with E-state index in [0.717, 1.165) is 44.1 Å². The zero-order valence-corrected chi connectivity index (χ0v) is 13.0. The molecule has 1 fully saturated rings. The van der Waals surface area contributed by atoms with Gasteiger partial charge in [-0.3, -0.25) is 0 Å². The lowest BCUT2D eigenvalue weighted by atomic mass is 9.78. The van der Waals surface area contributed by atoms with E-state index in [9.17, 15) is 10.2 Å². The largest absolute Gasteiger partial charge is 0.508 e. The fraction of sp³-hybridized carbons (Fsp3) is 0.667. The summed E-state index contributed by atoms with van der Waals surface area (Å²) < 4.78 is 0. The second kappa shape index (κ2) is 6.17. The Kier molecular flexibility index (Phi) is 4.74. The van der Waals surface area contributed by atoms with Gasteiger partial charge in [-0.1, -0.05) is 45.7 Å². The van der Waals surface area contributed by atoms with Gasteiger partial charge in [-0.15, -0.1) is 0 Å². The van der Waals surface area contributed by atoms with E-state index in [1.54, 1.807) is 0 Å². The molecule has 0 amide bonds. The fourth-order valence-corrected chi connectivity index (χ4v) is 3.53. The Labute approximate surface area is 122 Å². The van der Waals surface area contributed by atoms with Gasteiger partial charge in [0.05, 0.1) is 6.10 Å². The van der Waals surface area contributed by atoms with Gasteiger partial charge >= 0.3 is 0 Å². The Hall–Kier alpha value is -1.02. The molecule has 112 valence electrons. The van der Waals surface area contributed by atoms with Crippen LogP contribution in [0.3, 0.4) is 0 Å². The van der Waals surface area contributed by atoms with Crippen molar-refractivity contribution in [2.24, 2.45) is 0 Å². The van der Waals surface area contributed by atoms with Crippen LogP contribution in [0.2, 0.25) is 0 Å². The van der Waals surface area contributed by atoms with Crippen molar-refractivity contribution in [1.82, 2.24) is 0 Å². The summed E-state index contributed by atoms with van der Waals surface area (Å²) in [6.07, 6.45) is 5.86. The van der Waals surface area contributed by atoms with Crippen LogP contribution in [0.15, 0.2) is 18.2 Å². The summed E-state index contributed by atoms with van der Waals surface area (Å²) in [4.78, 5) is 0. The van der Waals surface area contributed by atoms with Crippen LogP contribution >= 0.6 is 0 Å². The van der Waals surface area contributed by atoms with Gasteiger partial charge in [0.1, 0.15) is 5.75 Å². The second-order valence-corrected chi connectivity index (χ2v) is 6.92. The Morgan fingerprint density at radius 1 is 1.25 bits per heavy atom. The Balaban J connectivity index is 2.21. The normalized spacial score (nSPS) is 23.8. The first-order valence-electron chi connectivity index (χ1n) is 7.95. The maximum absolute atomic E-state index is 10.4. The van der Waals surface area contributed by atoms with Gasteiger partial charge in [0.2, 0.25) is 0 Å². The number of hydrogen-bond acceptors (Lipinski definition) is 2. The van der Waals surface area contributed by atoms with Crippen molar-refractivity contribution in [3.05, 3.63) is 29.3 Å². The molecule has 0 aromatic heterocycles. The second-order valence-electron chi connectivity index (χ2n) is 6.92. The average molecular weight is 276 g/mol. The molecule has 0 bridgehead atoms. The third-order valence-electron chi connectivity index (χ3n) is 4.77. The molecular weight excluding hydrogens is 248 g/mol. The van der Waals surface area contributed by atoms with Crippen LogP contribution in [0.25, 0.3) is 0 Å². The number of phenols is 1. The molecule has 2 N–H and O–H groups in total. The molecule has 0 aliphatic heterocycles. The van der Waals surface area contributed by atoms with Gasteiger partial charge in [0.25, 0.3) is 0 Å². The van der Waals surface area contributed by atoms with Crippen LogP contribution in [-0.2, 0) is 5.41 Å². The van der Waals surface area contributed by atoms with Gasteiger partial charge in [0, 0.05) is 0 Å². The molecule has 0 heterocycles. The highest BCUT2D eigenvalue weighted by atomic mass is 16.3. The molecule has 0 saturated heterocycles. The van der Waals surface area contributed by atoms with E-state index in [4.69, 9.17) is 0 Å². The summed E-state index contributed by atoms with van der Waals surface area (Å²) >= 11 is 0. The molecule has 1 aliphatic rings. The van der Waals surface area contributed by atoms with Crippen molar-refractivity contribution in [2.75, 3.05) is 0 Å². The number of aromatic hydroxyl groups is 1. The van der Waals surface area contributed by atoms with Crippen molar-refractivity contribution >= 4 is 0 Å². The highest BCUT2D eigenvalue weighted by molar-refractivity contribution is 5.41. The molecule has 20 heavy (non-hydrogen) atoms. The summed E-state index contributed by atoms with van der Waals surface area (Å²) in [5.74, 6) is 0.716. The predicted molar refractivity (Wildman–Crippen MR) is 83.3 cm³/mol. The summed E-state index contributed by atoms with van der Waals surface area (Å²) in [5, 5.41) is 20.2. The molecule has 2 atom stereocenters. The minimum absolute atomic E-state index is 0.108. The molecule has 2 rings (SSSR count). The fourth-order valence-electron chi connectivity index (χ4n) is 3.53. The van der Waals surface area contributed by atoms with Crippen molar-refractivity contribution in [3.63, 3.8) is 0 Å². The number of phenolic OH excluding ortho intramolecular Hbond substituents is 1. The first-order chi connectivity index (χ1) is 9.44. The highest BCUT2D eigenvalue weighted by Gasteiger charge is 2.25. The molecule has 0 spiro atoms. The minimum Gasteiger partial charge on any atom is -0.508 e. The van der Waals surface area contributed by atoms with Crippen molar-refractivity contribution in [2.45, 2.75) is 76.7 Å². The first kappa shape index (κ1) is 15.4. The van der Waals surface area contributed by atoms with Crippen LogP contribution in [0, 0.1) is 0 Å². The van der Waals surface area contributed by atoms with E-state index >= 15 is 0 Å². The van der Waals surface area contributed by atoms with Crippen molar-refractivity contribution in [1.29, 1.82) is 0 Å². The van der Waals surface area contributed by atoms with E-state index in [-0.39, 0.29) is 11.5 Å². The molecule has 2 heteroatoms. The average Bonchev–Trinajstić information content (AvgIpc) is 2.38. The lowest BCUT2D eigenvalue weighted by Crippen LogP contribution is -2.19. The summed E-state index contributed by atoms with van der Waals surface area (Å²) in [7, 11) is 0. The smallest absolute Gasteiger partial charge is 0.119 e. The zero-order valence-electron chi connectivity index (χ0n) is 13.0. The monoisotopic (exact) mass is 276 g/mol. The number of aliphatic hydroxyl groups is 1. The van der Waals surface area contributed by atoms with Crippen LogP contribution in [0.1, 0.15) is 76.3 Å². The lowest BCUT2D eigenvalue weighted by Gasteiger charge is -2.29. The third-order valence-corrected chi connectivity index (χ3v) is 4.77. The van der Waals surface area contributed by atoms with Gasteiger partial charge in [0.15, 0.2) is 0 Å². The number of rotatable bonds is 4. The first-order valence-corrected chi connectivity index (χ1v) is 7.95. The van der Waals surface area contributed by atoms with Gasteiger partial charge in [-0.25, -0.2) is 0 Å². The maximum atomic E-state index is 10.4. The summed E-state index contributed by atoms with van der Waals surface area (Å²) in [5.41, 5.74) is 2.33. The minimum atomic E-state index is -0.204. The molecule has 1 saturated carbocycles. The van der Waals surface area contributed by atoms with E-state index < -0.39 is 0 Å². The summed E-state index contributed by atoms with van der Waals surface area (Å²) in [6.45, 7) is 6.66. The maximum Gasteiger partial charge on any atom is 0.119 e. The van der Waals surface area contributed by atoms with Crippen LogP contribution in [0.5, 0.6) is 5.75 Å². The quantitative estimate of drug-likeness (QED) is 0.850. The number of benzene rings is 1. The van der Waals surface area contributed by atoms with Crippen molar-refractivity contribution < 1.29 is 10.2 Å². The third kappa shape index (κ3) is 3.35. The summed E-state index contributed by atoms with van der Waals surface area (Å²) in [6, 6.07) is 6.17. The molecule has 2 nitrogen and oxygen atoms in total. The molecule has 0 radical (unpaired) electrons. The molecule has 1 aromatic carbocycles. The number of hydrogen-bond donors (Lipinski definition) is 2. The van der Waals surface area contributed by atoms with Crippen LogP contribution in [-0.4, -0.2) is 16.3 Å². The van der Waals surface area contributed by atoms with E-state index in [2.05, 4.69) is 32.9 Å². The van der Waals surface area contributed by atoms with Gasteiger partial charge < -0.3 is 10.2 Å². The lowest BCUT2D eigenvalue weighted by molar-refractivity contribution is 0.119. The highest BCUT2D eigenvalue weighted by Crippen LogP contribution is 2.39. The van der Waals surface area contributed by atoms with Gasteiger partial charge in [-0.05, 0) is 54.2 Å². The molecular formula is C18H28O2. The van der Waals surface area contributed by atoms with Crippen LogP contribution in [0.4, 0.5) is 0 Å². The molecule has 1 aliphatic carbocycles. The SMILES string of the molecule is CCCC(C)(C)c1ccc([C@@H]2CCC[C@@H](O)C2)c(O)c1. The van der Waals surface area contributed by atoms with Crippen LogP contribution < -0.4 is 0 Å². The van der Waals surface area contributed by atoms with E-state index in [1.807, 2.05) is 6.07 Å². The van der Waals surface area contributed by atoms with Crippen molar-refractivity contribution in [3.8, 4) is 5.75 Å². The topological polar surface area (TPSA) is 40.5 Å². The Morgan fingerprint density at radius 3 is 2.60 bits per heavy atom. The van der Waals surface area contributed by atoms with Gasteiger partial charge in [-0.2, -0.15) is 0 Å². The predicted octanol–water partition coefficient (Wildman–Crippen LogP) is 4.49. The Bertz CT molecular complexity index is 451. The standard InChI is InChI=1S/C18H28O2/c1-4-10-18(2,3)14-8-9-16(17(20)12-14)13-6-5-7-15(19)11-13/h8-9,12-13,15,19-20H,4-7,10-11H2,1-3H3/t13-,15-/m1/s1. The molecule has 1 aromatic rings. The molecule has 0 unspecified atom stereocenters.